The summed E-state index contributed by atoms with van der Waals surface area (Å²) in [5.74, 6) is -0.462. The molecular formula is C20H24N2O2. The van der Waals surface area contributed by atoms with Gasteiger partial charge in [-0.15, -0.1) is 0 Å². The summed E-state index contributed by atoms with van der Waals surface area (Å²) in [6.07, 6.45) is 0. The first-order valence-electron chi connectivity index (χ1n) is 8.12. The summed E-state index contributed by atoms with van der Waals surface area (Å²) in [5.41, 5.74) is 3.12. The van der Waals surface area contributed by atoms with E-state index >= 15 is 0 Å². The van der Waals surface area contributed by atoms with E-state index in [4.69, 9.17) is 0 Å². The summed E-state index contributed by atoms with van der Waals surface area (Å²) >= 11 is 0. The van der Waals surface area contributed by atoms with Gasteiger partial charge in [0, 0.05) is 7.05 Å². The van der Waals surface area contributed by atoms with Crippen LogP contribution < -0.4 is 10.6 Å². The third kappa shape index (κ3) is 4.02. The second-order valence-corrected chi connectivity index (χ2v) is 6.25. The van der Waals surface area contributed by atoms with Crippen LogP contribution in [0.15, 0.2) is 48.5 Å². The number of hydrogen-bond donors (Lipinski definition) is 2. The lowest BCUT2D eigenvalue weighted by Crippen LogP contribution is -2.27. The predicted octanol–water partition coefficient (Wildman–Crippen LogP) is 3.73. The lowest BCUT2D eigenvalue weighted by Gasteiger charge is -2.21. The molecule has 2 N–H and O–H groups in total. The second kappa shape index (κ2) is 7.77. The van der Waals surface area contributed by atoms with Crippen molar-refractivity contribution < 1.29 is 9.59 Å². The Hall–Kier alpha value is -2.62. The van der Waals surface area contributed by atoms with E-state index in [0.717, 1.165) is 11.1 Å². The van der Waals surface area contributed by atoms with Crippen LogP contribution in [0.5, 0.6) is 0 Å². The molecule has 1 atom stereocenters. The van der Waals surface area contributed by atoms with Crippen LogP contribution in [-0.2, 0) is 4.79 Å². The van der Waals surface area contributed by atoms with Crippen LogP contribution in [0, 0.1) is 12.8 Å². The van der Waals surface area contributed by atoms with Gasteiger partial charge in [-0.1, -0.05) is 55.8 Å². The maximum Gasteiger partial charge on any atom is 0.253 e. The molecule has 0 aliphatic heterocycles. The maximum atomic E-state index is 12.9. The van der Waals surface area contributed by atoms with Crippen molar-refractivity contribution >= 4 is 17.5 Å². The molecule has 24 heavy (non-hydrogen) atoms. The van der Waals surface area contributed by atoms with Gasteiger partial charge in [-0.3, -0.25) is 9.59 Å². The van der Waals surface area contributed by atoms with Crippen molar-refractivity contribution in [2.24, 2.45) is 5.92 Å². The average molecular weight is 324 g/mol. The van der Waals surface area contributed by atoms with Crippen molar-refractivity contribution in [3.63, 3.8) is 0 Å². The van der Waals surface area contributed by atoms with Crippen LogP contribution in [-0.4, -0.2) is 18.9 Å². The Morgan fingerprint density at radius 3 is 2.17 bits per heavy atom. The molecule has 0 aliphatic carbocycles. The van der Waals surface area contributed by atoms with E-state index in [2.05, 4.69) is 10.6 Å². The Labute approximate surface area is 143 Å². The van der Waals surface area contributed by atoms with Crippen molar-refractivity contribution in [1.29, 1.82) is 0 Å². The van der Waals surface area contributed by atoms with Gasteiger partial charge in [-0.25, -0.2) is 0 Å². The number of benzene rings is 2. The van der Waals surface area contributed by atoms with Crippen molar-refractivity contribution in [3.8, 4) is 0 Å². The van der Waals surface area contributed by atoms with Gasteiger partial charge < -0.3 is 10.6 Å². The smallest absolute Gasteiger partial charge is 0.253 e. The molecule has 0 saturated carbocycles. The van der Waals surface area contributed by atoms with Gasteiger partial charge >= 0.3 is 0 Å². The van der Waals surface area contributed by atoms with Crippen molar-refractivity contribution in [2.75, 3.05) is 12.4 Å². The van der Waals surface area contributed by atoms with E-state index in [1.807, 2.05) is 45.0 Å². The molecule has 0 radical (unpaired) electrons. The number of carbonyl (C=O) groups is 2. The molecule has 0 heterocycles. The van der Waals surface area contributed by atoms with Gasteiger partial charge in [-0.05, 0) is 30.5 Å². The highest BCUT2D eigenvalue weighted by Gasteiger charge is 2.25. The number of nitrogens with one attached hydrogen (secondary N) is 2. The molecule has 2 rings (SSSR count). The predicted molar refractivity (Wildman–Crippen MR) is 97.2 cm³/mol. The highest BCUT2D eigenvalue weighted by Crippen LogP contribution is 2.27. The van der Waals surface area contributed by atoms with E-state index < -0.39 is 0 Å². The Morgan fingerprint density at radius 2 is 1.58 bits per heavy atom. The SMILES string of the molecule is CNC(=O)c1ccccc1NC(=O)C(c1ccc(C)cc1)C(C)C. The molecule has 0 aliphatic rings. The number of rotatable bonds is 5. The summed E-state index contributed by atoms with van der Waals surface area (Å²) < 4.78 is 0. The highest BCUT2D eigenvalue weighted by molar-refractivity contribution is 6.05. The van der Waals surface area contributed by atoms with Crippen molar-refractivity contribution in [2.45, 2.75) is 26.7 Å². The van der Waals surface area contributed by atoms with Crippen molar-refractivity contribution in [1.82, 2.24) is 5.32 Å². The van der Waals surface area contributed by atoms with Gasteiger partial charge in [-0.2, -0.15) is 0 Å². The topological polar surface area (TPSA) is 58.2 Å². The number of hydrogen-bond acceptors (Lipinski definition) is 2. The zero-order valence-corrected chi connectivity index (χ0v) is 14.6. The molecule has 0 fully saturated rings. The molecule has 0 saturated heterocycles. The van der Waals surface area contributed by atoms with Gasteiger partial charge in [0.1, 0.15) is 0 Å². The van der Waals surface area contributed by atoms with Crippen LogP contribution in [0.1, 0.15) is 41.3 Å². The summed E-state index contributed by atoms with van der Waals surface area (Å²) in [5, 5.41) is 5.52. The molecule has 2 aromatic rings. The minimum atomic E-state index is -0.275. The highest BCUT2D eigenvalue weighted by atomic mass is 16.2. The van der Waals surface area contributed by atoms with E-state index in [1.54, 1.807) is 31.3 Å². The molecule has 4 heteroatoms. The largest absolute Gasteiger partial charge is 0.355 e. The van der Waals surface area contributed by atoms with Gasteiger partial charge in [0.2, 0.25) is 5.91 Å². The molecule has 2 amide bonds. The van der Waals surface area contributed by atoms with E-state index in [1.165, 1.54) is 0 Å². The molecule has 0 aromatic heterocycles. The maximum absolute atomic E-state index is 12.9. The zero-order chi connectivity index (χ0) is 17.7. The monoisotopic (exact) mass is 324 g/mol. The molecule has 0 bridgehead atoms. The summed E-state index contributed by atoms with van der Waals surface area (Å²) in [6.45, 7) is 6.07. The van der Waals surface area contributed by atoms with Gasteiger partial charge in [0.25, 0.3) is 5.91 Å². The Morgan fingerprint density at radius 1 is 0.958 bits per heavy atom. The third-order valence-corrected chi connectivity index (χ3v) is 4.04. The molecule has 126 valence electrons. The first kappa shape index (κ1) is 17.7. The summed E-state index contributed by atoms with van der Waals surface area (Å²) in [6, 6.07) is 15.0. The number of para-hydroxylation sites is 1. The molecule has 0 spiro atoms. The number of anilines is 1. The fourth-order valence-corrected chi connectivity index (χ4v) is 2.75. The Balaban J connectivity index is 2.29. The van der Waals surface area contributed by atoms with Crippen molar-refractivity contribution in [3.05, 3.63) is 65.2 Å². The number of amides is 2. The third-order valence-electron chi connectivity index (χ3n) is 4.04. The standard InChI is InChI=1S/C20H24N2O2/c1-13(2)18(15-11-9-14(3)10-12-15)20(24)22-17-8-6-5-7-16(17)19(23)21-4/h5-13,18H,1-4H3,(H,21,23)(H,22,24). The minimum absolute atomic E-state index is 0.106. The second-order valence-electron chi connectivity index (χ2n) is 6.25. The average Bonchev–Trinajstić information content (AvgIpc) is 2.56. The van der Waals surface area contributed by atoms with Crippen LogP contribution in [0.4, 0.5) is 5.69 Å². The summed E-state index contributed by atoms with van der Waals surface area (Å²) in [7, 11) is 1.57. The lowest BCUT2D eigenvalue weighted by molar-refractivity contribution is -0.118. The van der Waals surface area contributed by atoms with Crippen LogP contribution in [0.25, 0.3) is 0 Å². The van der Waals surface area contributed by atoms with E-state index in [0.29, 0.717) is 11.3 Å². The fraction of sp³-hybridized carbons (Fsp3) is 0.300. The van der Waals surface area contributed by atoms with Gasteiger partial charge in [0.15, 0.2) is 0 Å². The fourth-order valence-electron chi connectivity index (χ4n) is 2.75. The normalized spacial score (nSPS) is 11.9. The zero-order valence-electron chi connectivity index (χ0n) is 14.6. The number of carbonyl (C=O) groups excluding carboxylic acids is 2. The minimum Gasteiger partial charge on any atom is -0.355 e. The molecule has 2 aromatic carbocycles. The van der Waals surface area contributed by atoms with E-state index in [9.17, 15) is 9.59 Å². The summed E-state index contributed by atoms with van der Waals surface area (Å²) in [4.78, 5) is 24.8. The molecule has 1 unspecified atom stereocenters. The first-order valence-corrected chi connectivity index (χ1v) is 8.12. The van der Waals surface area contributed by atoms with Crippen LogP contribution >= 0.6 is 0 Å². The van der Waals surface area contributed by atoms with E-state index in [-0.39, 0.29) is 23.7 Å². The van der Waals surface area contributed by atoms with Crippen LogP contribution in [0.3, 0.4) is 0 Å². The quantitative estimate of drug-likeness (QED) is 0.880. The molecule has 4 nitrogen and oxygen atoms in total. The van der Waals surface area contributed by atoms with Crippen LogP contribution in [0.2, 0.25) is 0 Å². The lowest BCUT2D eigenvalue weighted by atomic mass is 9.87. The van der Waals surface area contributed by atoms with Gasteiger partial charge in [0.05, 0.1) is 17.2 Å². The Bertz CT molecular complexity index is 721. The first-order chi connectivity index (χ1) is 11.4. The number of aryl methyl sites for hydroxylation is 1. The Kier molecular flexibility index (Phi) is 5.74. The molecular weight excluding hydrogens is 300 g/mol.